The summed E-state index contributed by atoms with van der Waals surface area (Å²) in [6, 6.07) is 5.32. The van der Waals surface area contributed by atoms with Gasteiger partial charge in [-0.2, -0.15) is 0 Å². The summed E-state index contributed by atoms with van der Waals surface area (Å²) >= 11 is 0. The molecule has 2 rings (SSSR count). The zero-order chi connectivity index (χ0) is 16.8. The van der Waals surface area contributed by atoms with Gasteiger partial charge in [0, 0.05) is 12.5 Å². The van der Waals surface area contributed by atoms with Gasteiger partial charge in [0.25, 0.3) is 0 Å². The lowest BCUT2D eigenvalue weighted by atomic mass is 10.1. The number of ether oxygens (including phenoxy) is 3. The molecule has 1 amide bonds. The Morgan fingerprint density at radius 2 is 1.78 bits per heavy atom. The minimum Gasteiger partial charge on any atom is -0.493 e. The largest absolute Gasteiger partial charge is 0.493 e. The van der Waals surface area contributed by atoms with Crippen LogP contribution in [0.2, 0.25) is 0 Å². The fourth-order valence-electron chi connectivity index (χ4n) is 2.17. The van der Waals surface area contributed by atoms with Crippen LogP contribution in [0, 0.1) is 6.92 Å². The van der Waals surface area contributed by atoms with Crippen molar-refractivity contribution in [3.8, 4) is 17.2 Å². The maximum atomic E-state index is 11.9. The number of amides is 1. The van der Waals surface area contributed by atoms with Crippen molar-refractivity contribution < 1.29 is 23.5 Å². The SMILES string of the molecule is COc1cc(CCC(=O)Nc2cc(C)on2)cc(OC)c1OC. The number of nitrogens with one attached hydrogen (secondary N) is 1. The van der Waals surface area contributed by atoms with E-state index in [2.05, 4.69) is 10.5 Å². The Hall–Kier alpha value is -2.70. The Balaban J connectivity index is 2.03. The van der Waals surface area contributed by atoms with Crippen LogP contribution in [0.15, 0.2) is 22.7 Å². The van der Waals surface area contributed by atoms with Crippen molar-refractivity contribution in [3.05, 3.63) is 29.5 Å². The van der Waals surface area contributed by atoms with Crippen molar-refractivity contribution in [2.75, 3.05) is 26.6 Å². The van der Waals surface area contributed by atoms with Crippen molar-refractivity contribution in [2.45, 2.75) is 19.8 Å². The predicted molar refractivity (Wildman–Crippen MR) is 84.3 cm³/mol. The summed E-state index contributed by atoms with van der Waals surface area (Å²) in [7, 11) is 4.66. The van der Waals surface area contributed by atoms with E-state index in [0.717, 1.165) is 5.56 Å². The van der Waals surface area contributed by atoms with Gasteiger partial charge in [0.05, 0.1) is 21.3 Å². The van der Waals surface area contributed by atoms with E-state index in [9.17, 15) is 4.79 Å². The highest BCUT2D eigenvalue weighted by atomic mass is 16.5. The molecule has 0 aliphatic rings. The summed E-state index contributed by atoms with van der Waals surface area (Å²) in [6.07, 6.45) is 0.823. The van der Waals surface area contributed by atoms with Gasteiger partial charge in [0.1, 0.15) is 5.76 Å². The molecule has 0 radical (unpaired) electrons. The molecular formula is C16H20N2O5. The quantitative estimate of drug-likeness (QED) is 0.844. The normalized spacial score (nSPS) is 10.3. The molecule has 7 nitrogen and oxygen atoms in total. The first-order valence-electron chi connectivity index (χ1n) is 7.09. The molecule has 0 fully saturated rings. The van der Waals surface area contributed by atoms with Gasteiger partial charge < -0.3 is 24.1 Å². The van der Waals surface area contributed by atoms with Crippen molar-refractivity contribution in [3.63, 3.8) is 0 Å². The summed E-state index contributed by atoms with van der Waals surface area (Å²) in [6.45, 7) is 1.76. The van der Waals surface area contributed by atoms with E-state index in [-0.39, 0.29) is 5.91 Å². The van der Waals surface area contributed by atoms with Crippen LogP contribution >= 0.6 is 0 Å². The summed E-state index contributed by atoms with van der Waals surface area (Å²) < 4.78 is 20.8. The molecule has 1 heterocycles. The third-order valence-electron chi connectivity index (χ3n) is 3.26. The lowest BCUT2D eigenvalue weighted by Crippen LogP contribution is -2.12. The van der Waals surface area contributed by atoms with E-state index in [0.29, 0.717) is 41.7 Å². The van der Waals surface area contributed by atoms with E-state index in [1.807, 2.05) is 12.1 Å². The van der Waals surface area contributed by atoms with Gasteiger partial charge in [0.15, 0.2) is 17.3 Å². The molecule has 0 aliphatic carbocycles. The molecule has 1 N–H and O–H groups in total. The van der Waals surface area contributed by atoms with Crippen LogP contribution in [0.4, 0.5) is 5.82 Å². The third kappa shape index (κ3) is 4.15. The average Bonchev–Trinajstić information content (AvgIpc) is 2.96. The second-order valence-corrected chi connectivity index (χ2v) is 4.90. The molecule has 0 saturated carbocycles. The molecule has 23 heavy (non-hydrogen) atoms. The highest BCUT2D eigenvalue weighted by Crippen LogP contribution is 2.38. The average molecular weight is 320 g/mol. The highest BCUT2D eigenvalue weighted by Gasteiger charge is 2.14. The van der Waals surface area contributed by atoms with E-state index in [1.54, 1.807) is 34.3 Å². The van der Waals surface area contributed by atoms with Crippen LogP contribution < -0.4 is 19.5 Å². The molecule has 1 aromatic carbocycles. The second kappa shape index (κ2) is 7.53. The number of rotatable bonds is 7. The van der Waals surface area contributed by atoms with Crippen LogP contribution in [0.1, 0.15) is 17.7 Å². The number of aryl methyl sites for hydroxylation is 2. The number of benzene rings is 1. The Morgan fingerprint density at radius 3 is 2.26 bits per heavy atom. The molecule has 1 aromatic heterocycles. The Labute approximate surface area is 134 Å². The monoisotopic (exact) mass is 320 g/mol. The Morgan fingerprint density at radius 1 is 1.13 bits per heavy atom. The number of nitrogens with zero attached hydrogens (tertiary/aromatic N) is 1. The fourth-order valence-corrected chi connectivity index (χ4v) is 2.17. The van der Waals surface area contributed by atoms with Gasteiger partial charge >= 0.3 is 0 Å². The number of aromatic nitrogens is 1. The van der Waals surface area contributed by atoms with Crippen molar-refractivity contribution in [1.82, 2.24) is 5.16 Å². The Kier molecular flexibility index (Phi) is 5.46. The zero-order valence-electron chi connectivity index (χ0n) is 13.6. The third-order valence-corrected chi connectivity index (χ3v) is 3.26. The minimum absolute atomic E-state index is 0.146. The molecular weight excluding hydrogens is 300 g/mol. The molecule has 124 valence electrons. The summed E-state index contributed by atoms with van der Waals surface area (Å²) in [5.74, 6) is 2.57. The van der Waals surface area contributed by atoms with Gasteiger partial charge in [-0.1, -0.05) is 5.16 Å². The van der Waals surface area contributed by atoms with Gasteiger partial charge in [-0.25, -0.2) is 0 Å². The zero-order valence-corrected chi connectivity index (χ0v) is 13.6. The number of hydrogen-bond donors (Lipinski definition) is 1. The fraction of sp³-hybridized carbons (Fsp3) is 0.375. The number of methoxy groups -OCH3 is 3. The van der Waals surface area contributed by atoms with Crippen molar-refractivity contribution >= 4 is 11.7 Å². The summed E-state index contributed by atoms with van der Waals surface area (Å²) in [5.41, 5.74) is 0.908. The van der Waals surface area contributed by atoms with E-state index < -0.39 is 0 Å². The van der Waals surface area contributed by atoms with Crippen LogP contribution in [0.5, 0.6) is 17.2 Å². The summed E-state index contributed by atoms with van der Waals surface area (Å²) in [4.78, 5) is 11.9. The van der Waals surface area contributed by atoms with E-state index in [4.69, 9.17) is 18.7 Å². The van der Waals surface area contributed by atoms with Crippen LogP contribution in [-0.2, 0) is 11.2 Å². The first kappa shape index (κ1) is 16.7. The molecule has 0 unspecified atom stereocenters. The number of anilines is 1. The molecule has 0 spiro atoms. The second-order valence-electron chi connectivity index (χ2n) is 4.90. The highest BCUT2D eigenvalue weighted by molar-refractivity contribution is 5.89. The van der Waals surface area contributed by atoms with Gasteiger partial charge in [0.2, 0.25) is 11.7 Å². The van der Waals surface area contributed by atoms with Gasteiger partial charge in [-0.05, 0) is 31.0 Å². The lowest BCUT2D eigenvalue weighted by Gasteiger charge is -2.14. The molecule has 0 aliphatic heterocycles. The van der Waals surface area contributed by atoms with Crippen LogP contribution in [-0.4, -0.2) is 32.4 Å². The van der Waals surface area contributed by atoms with Crippen molar-refractivity contribution in [1.29, 1.82) is 0 Å². The number of carbonyl (C=O) groups is 1. The number of hydrogen-bond acceptors (Lipinski definition) is 6. The number of carbonyl (C=O) groups excluding carboxylic acids is 1. The van der Waals surface area contributed by atoms with E-state index in [1.165, 1.54) is 0 Å². The molecule has 0 saturated heterocycles. The molecule has 0 atom stereocenters. The van der Waals surface area contributed by atoms with Crippen LogP contribution in [0.3, 0.4) is 0 Å². The molecule has 2 aromatic rings. The van der Waals surface area contributed by atoms with Gasteiger partial charge in [-0.3, -0.25) is 4.79 Å². The standard InChI is InChI=1S/C16H20N2O5/c1-10-7-14(18-23-10)17-15(19)6-5-11-8-12(20-2)16(22-4)13(9-11)21-3/h7-9H,5-6H2,1-4H3,(H,17,18,19). The molecule has 0 bridgehead atoms. The lowest BCUT2D eigenvalue weighted by molar-refractivity contribution is -0.116. The minimum atomic E-state index is -0.146. The Bertz CT molecular complexity index is 656. The predicted octanol–water partition coefficient (Wildman–Crippen LogP) is 2.58. The maximum Gasteiger partial charge on any atom is 0.225 e. The smallest absolute Gasteiger partial charge is 0.225 e. The first-order chi connectivity index (χ1) is 11.1. The topological polar surface area (TPSA) is 82.8 Å². The maximum absolute atomic E-state index is 11.9. The van der Waals surface area contributed by atoms with Gasteiger partial charge in [-0.15, -0.1) is 0 Å². The van der Waals surface area contributed by atoms with Crippen LogP contribution in [0.25, 0.3) is 0 Å². The van der Waals surface area contributed by atoms with Crippen molar-refractivity contribution in [2.24, 2.45) is 0 Å². The van der Waals surface area contributed by atoms with E-state index >= 15 is 0 Å². The molecule has 7 heteroatoms. The summed E-state index contributed by atoms with van der Waals surface area (Å²) in [5, 5.41) is 6.41. The first-order valence-corrected chi connectivity index (χ1v) is 7.09.